The summed E-state index contributed by atoms with van der Waals surface area (Å²) in [5.74, 6) is -0.309. The lowest BCUT2D eigenvalue weighted by Crippen LogP contribution is -2.32. The third-order valence-corrected chi connectivity index (χ3v) is 3.33. The average molecular weight is 235 g/mol. The smallest absolute Gasteiger partial charge is 0.235 e. The number of rotatable bonds is 4. The lowest BCUT2D eigenvalue weighted by Gasteiger charge is -2.37. The van der Waals surface area contributed by atoms with Crippen LogP contribution in [0.1, 0.15) is 30.4 Å². The number of carbonyl (C=O) groups excluding carboxylic acids is 1. The van der Waals surface area contributed by atoms with Gasteiger partial charge in [0, 0.05) is 12.7 Å². The monoisotopic (exact) mass is 235 g/mol. The van der Waals surface area contributed by atoms with Gasteiger partial charge in [0.15, 0.2) is 0 Å². The summed E-state index contributed by atoms with van der Waals surface area (Å²) in [6.45, 7) is 0.246. The van der Waals surface area contributed by atoms with Crippen molar-refractivity contribution in [1.29, 1.82) is 0 Å². The molecule has 0 spiro atoms. The Morgan fingerprint density at radius 2 is 2.29 bits per heavy atom. The van der Waals surface area contributed by atoms with Crippen LogP contribution >= 0.6 is 0 Å². The highest BCUT2D eigenvalue weighted by molar-refractivity contribution is 5.40. The van der Waals surface area contributed by atoms with Gasteiger partial charge < -0.3 is 4.74 Å². The molecule has 17 heavy (non-hydrogen) atoms. The van der Waals surface area contributed by atoms with Crippen molar-refractivity contribution in [2.24, 2.45) is 4.99 Å². The number of benzene rings is 1. The second kappa shape index (κ2) is 4.78. The third-order valence-electron chi connectivity index (χ3n) is 3.33. The van der Waals surface area contributed by atoms with Crippen LogP contribution in [0.2, 0.25) is 0 Å². The SMILES string of the molecule is COCc1ccc(C2(N=C=O)CCC2)cc1F. The first-order valence-corrected chi connectivity index (χ1v) is 5.59. The van der Waals surface area contributed by atoms with E-state index in [9.17, 15) is 9.18 Å². The molecular weight excluding hydrogens is 221 g/mol. The van der Waals surface area contributed by atoms with E-state index in [4.69, 9.17) is 4.74 Å². The Morgan fingerprint density at radius 1 is 1.53 bits per heavy atom. The Labute approximate surface area is 99.3 Å². The maximum atomic E-state index is 13.7. The van der Waals surface area contributed by atoms with Crippen LogP contribution < -0.4 is 0 Å². The molecular formula is C13H14FNO2. The first kappa shape index (κ1) is 12.0. The fourth-order valence-electron chi connectivity index (χ4n) is 2.17. The van der Waals surface area contributed by atoms with Crippen LogP contribution in [-0.2, 0) is 21.7 Å². The van der Waals surface area contributed by atoms with E-state index in [1.807, 2.05) is 6.07 Å². The van der Waals surface area contributed by atoms with Gasteiger partial charge in [0.2, 0.25) is 6.08 Å². The second-order valence-electron chi connectivity index (χ2n) is 4.33. The molecule has 1 saturated carbocycles. The number of halogens is 1. The minimum atomic E-state index is -0.534. The second-order valence-corrected chi connectivity index (χ2v) is 4.33. The zero-order valence-electron chi connectivity index (χ0n) is 9.70. The molecule has 0 atom stereocenters. The number of methoxy groups -OCH3 is 1. The molecule has 1 aromatic rings. The van der Waals surface area contributed by atoms with Gasteiger partial charge in [0.1, 0.15) is 5.82 Å². The first-order chi connectivity index (χ1) is 8.22. The molecule has 0 radical (unpaired) electrons. The quantitative estimate of drug-likeness (QED) is 0.594. The topological polar surface area (TPSA) is 38.7 Å². The number of isocyanates is 1. The van der Waals surface area contributed by atoms with Crippen molar-refractivity contribution in [3.8, 4) is 0 Å². The van der Waals surface area contributed by atoms with Gasteiger partial charge in [-0.2, -0.15) is 4.99 Å². The van der Waals surface area contributed by atoms with Gasteiger partial charge in [-0.1, -0.05) is 12.1 Å². The van der Waals surface area contributed by atoms with Gasteiger partial charge in [-0.3, -0.25) is 0 Å². The zero-order chi connectivity index (χ0) is 12.3. The molecule has 0 heterocycles. The molecule has 0 amide bonds. The van der Waals surface area contributed by atoms with Gasteiger partial charge >= 0.3 is 0 Å². The van der Waals surface area contributed by atoms with Crippen molar-refractivity contribution in [3.63, 3.8) is 0 Å². The molecule has 1 fully saturated rings. The molecule has 3 nitrogen and oxygen atoms in total. The minimum Gasteiger partial charge on any atom is -0.380 e. The molecule has 0 saturated heterocycles. The maximum Gasteiger partial charge on any atom is 0.235 e. The highest BCUT2D eigenvalue weighted by Gasteiger charge is 2.39. The molecule has 0 bridgehead atoms. The third kappa shape index (κ3) is 2.14. The number of aliphatic imine (C=N–C) groups is 1. The molecule has 1 aliphatic rings. The number of nitrogens with zero attached hydrogens (tertiary/aromatic N) is 1. The van der Waals surface area contributed by atoms with E-state index in [0.29, 0.717) is 5.56 Å². The van der Waals surface area contributed by atoms with E-state index >= 15 is 0 Å². The van der Waals surface area contributed by atoms with Crippen LogP contribution in [0.25, 0.3) is 0 Å². The van der Waals surface area contributed by atoms with Crippen molar-refractivity contribution in [2.45, 2.75) is 31.4 Å². The summed E-state index contributed by atoms with van der Waals surface area (Å²) in [7, 11) is 1.53. The van der Waals surface area contributed by atoms with Crippen LogP contribution in [0, 0.1) is 5.82 Å². The highest BCUT2D eigenvalue weighted by atomic mass is 19.1. The summed E-state index contributed by atoms with van der Waals surface area (Å²) in [6, 6.07) is 4.96. The van der Waals surface area contributed by atoms with Gasteiger partial charge in [-0.25, -0.2) is 9.18 Å². The van der Waals surface area contributed by atoms with Crippen LogP contribution in [-0.4, -0.2) is 13.2 Å². The van der Waals surface area contributed by atoms with E-state index < -0.39 is 5.54 Å². The van der Waals surface area contributed by atoms with E-state index in [0.717, 1.165) is 24.8 Å². The fraction of sp³-hybridized carbons (Fsp3) is 0.462. The summed E-state index contributed by atoms with van der Waals surface area (Å²) in [5.41, 5.74) is 0.735. The summed E-state index contributed by atoms with van der Waals surface area (Å²) in [6.07, 6.45) is 4.17. The van der Waals surface area contributed by atoms with Gasteiger partial charge in [0.05, 0.1) is 12.1 Å². The number of hydrogen-bond acceptors (Lipinski definition) is 3. The highest BCUT2D eigenvalue weighted by Crippen LogP contribution is 2.44. The largest absolute Gasteiger partial charge is 0.380 e. The average Bonchev–Trinajstić information content (AvgIpc) is 2.27. The molecule has 4 heteroatoms. The van der Waals surface area contributed by atoms with E-state index in [1.54, 1.807) is 12.1 Å². The number of ether oxygens (including phenoxy) is 1. The lowest BCUT2D eigenvalue weighted by atomic mass is 9.72. The van der Waals surface area contributed by atoms with Gasteiger partial charge in [0.25, 0.3) is 0 Å². The molecule has 2 rings (SSSR count). The van der Waals surface area contributed by atoms with Crippen molar-refractivity contribution in [2.75, 3.05) is 7.11 Å². The Kier molecular flexibility index (Phi) is 3.36. The number of hydrogen-bond donors (Lipinski definition) is 0. The molecule has 0 unspecified atom stereocenters. The lowest BCUT2D eigenvalue weighted by molar-refractivity contribution is 0.181. The van der Waals surface area contributed by atoms with Crippen LogP contribution in [0.5, 0.6) is 0 Å². The minimum absolute atomic E-state index is 0.246. The summed E-state index contributed by atoms with van der Waals surface area (Å²) in [5, 5.41) is 0. The fourth-order valence-corrected chi connectivity index (χ4v) is 2.17. The molecule has 0 aliphatic heterocycles. The normalized spacial score (nSPS) is 17.1. The standard InChI is InChI=1S/C13H14FNO2/c1-17-8-10-3-4-11(7-12(10)14)13(15-9-16)5-2-6-13/h3-4,7H,2,5-6,8H2,1H3. The van der Waals surface area contributed by atoms with E-state index in [-0.39, 0.29) is 12.4 Å². The predicted molar refractivity (Wildman–Crippen MR) is 60.8 cm³/mol. The Balaban J connectivity index is 2.33. The summed E-state index contributed by atoms with van der Waals surface area (Å²) < 4.78 is 18.6. The van der Waals surface area contributed by atoms with Gasteiger partial charge in [-0.05, 0) is 30.9 Å². The summed E-state index contributed by atoms with van der Waals surface area (Å²) in [4.78, 5) is 14.3. The molecule has 1 aromatic carbocycles. The van der Waals surface area contributed by atoms with Crippen molar-refractivity contribution in [3.05, 3.63) is 35.1 Å². The Morgan fingerprint density at radius 3 is 2.76 bits per heavy atom. The molecule has 0 aromatic heterocycles. The van der Waals surface area contributed by atoms with E-state index in [2.05, 4.69) is 4.99 Å². The molecule has 90 valence electrons. The molecule has 0 N–H and O–H groups in total. The molecule has 1 aliphatic carbocycles. The van der Waals surface area contributed by atoms with Crippen molar-refractivity contribution >= 4 is 6.08 Å². The first-order valence-electron chi connectivity index (χ1n) is 5.59. The van der Waals surface area contributed by atoms with Crippen LogP contribution in [0.15, 0.2) is 23.2 Å². The van der Waals surface area contributed by atoms with Crippen LogP contribution in [0.3, 0.4) is 0 Å². The summed E-state index contributed by atoms with van der Waals surface area (Å²) >= 11 is 0. The Hall–Kier alpha value is -1.51. The predicted octanol–water partition coefficient (Wildman–Crippen LogP) is 2.69. The van der Waals surface area contributed by atoms with E-state index in [1.165, 1.54) is 13.2 Å². The van der Waals surface area contributed by atoms with Gasteiger partial charge in [-0.15, -0.1) is 0 Å². The maximum absolute atomic E-state index is 13.7. The Bertz CT molecular complexity index is 462. The van der Waals surface area contributed by atoms with Crippen molar-refractivity contribution in [1.82, 2.24) is 0 Å². The zero-order valence-corrected chi connectivity index (χ0v) is 9.70. The van der Waals surface area contributed by atoms with Crippen molar-refractivity contribution < 1.29 is 13.9 Å². The van der Waals surface area contributed by atoms with Crippen LogP contribution in [0.4, 0.5) is 4.39 Å².